The molecule has 1 aliphatic rings. The average Bonchev–Trinajstić information content (AvgIpc) is 2.13. The molecule has 0 aliphatic carbocycles. The Balaban J connectivity index is 3.14. The van der Waals surface area contributed by atoms with E-state index in [9.17, 15) is 9.59 Å². The fourth-order valence-electron chi connectivity index (χ4n) is 0.969. The van der Waals surface area contributed by atoms with Crippen LogP contribution in [0.3, 0.4) is 0 Å². The van der Waals surface area contributed by atoms with Crippen molar-refractivity contribution in [2.75, 3.05) is 14.1 Å². The summed E-state index contributed by atoms with van der Waals surface area (Å²) in [5, 5.41) is 11.3. The molecule has 6 nitrogen and oxygen atoms in total. The third-order valence-electron chi connectivity index (χ3n) is 1.86. The molecule has 0 unspecified atom stereocenters. The highest BCUT2D eigenvalue weighted by molar-refractivity contribution is 6.48. The molecule has 1 fully saturated rings. The van der Waals surface area contributed by atoms with Crippen LogP contribution >= 0.6 is 0 Å². The van der Waals surface area contributed by atoms with E-state index in [0.717, 1.165) is 9.80 Å². The molecule has 1 aliphatic heterocycles. The van der Waals surface area contributed by atoms with E-state index in [4.69, 9.17) is 5.21 Å². The lowest BCUT2D eigenvalue weighted by atomic mass is 10.2. The van der Waals surface area contributed by atoms with Crippen molar-refractivity contribution >= 4 is 17.6 Å². The molecule has 0 saturated carbocycles. The molecule has 0 radical (unpaired) electrons. The molecule has 0 aromatic rings. The molecule has 6 heteroatoms. The number of oxime groups is 1. The first-order valence-electron chi connectivity index (χ1n) is 3.47. The second kappa shape index (κ2) is 2.89. The first-order chi connectivity index (χ1) is 6.00. The van der Waals surface area contributed by atoms with Crippen molar-refractivity contribution in [3.8, 4) is 0 Å². The van der Waals surface area contributed by atoms with Gasteiger partial charge in [-0.2, -0.15) is 0 Å². The minimum atomic E-state index is -0.657. The topological polar surface area (TPSA) is 73.2 Å². The van der Waals surface area contributed by atoms with E-state index in [1.807, 2.05) is 0 Å². The van der Waals surface area contributed by atoms with Crippen LogP contribution in [0.1, 0.15) is 0 Å². The van der Waals surface area contributed by atoms with E-state index in [-0.39, 0.29) is 11.4 Å². The Bertz CT molecular complexity index is 295. The Labute approximate surface area is 74.7 Å². The highest BCUT2D eigenvalue weighted by atomic mass is 16.4. The number of imide groups is 1. The average molecular weight is 183 g/mol. The number of amides is 3. The van der Waals surface area contributed by atoms with Crippen molar-refractivity contribution in [2.24, 2.45) is 5.16 Å². The van der Waals surface area contributed by atoms with Crippen molar-refractivity contribution in [1.29, 1.82) is 0 Å². The zero-order valence-electron chi connectivity index (χ0n) is 7.31. The number of carbonyl (C=O) groups excluding carboxylic acids is 2. The molecule has 0 spiro atoms. The quantitative estimate of drug-likeness (QED) is 0.419. The number of hydrogen-bond donors (Lipinski definition) is 1. The molecule has 0 atom stereocenters. The van der Waals surface area contributed by atoms with E-state index in [1.54, 1.807) is 0 Å². The predicted octanol–water partition coefficient (Wildman–Crippen LogP) is -0.146. The van der Waals surface area contributed by atoms with Gasteiger partial charge in [-0.1, -0.05) is 11.7 Å². The lowest BCUT2D eigenvalue weighted by molar-refractivity contribution is -0.121. The third-order valence-corrected chi connectivity index (χ3v) is 1.86. The maximum atomic E-state index is 11.2. The van der Waals surface area contributed by atoms with Gasteiger partial charge >= 0.3 is 6.03 Å². The van der Waals surface area contributed by atoms with Gasteiger partial charge in [-0.25, -0.2) is 4.79 Å². The third kappa shape index (κ3) is 1.16. The molecule has 1 saturated heterocycles. The van der Waals surface area contributed by atoms with E-state index in [0.29, 0.717) is 0 Å². The van der Waals surface area contributed by atoms with Crippen LogP contribution in [0.5, 0.6) is 0 Å². The van der Waals surface area contributed by atoms with Crippen molar-refractivity contribution in [3.63, 3.8) is 0 Å². The Hall–Kier alpha value is -1.85. The highest BCUT2D eigenvalue weighted by Gasteiger charge is 2.35. The van der Waals surface area contributed by atoms with Gasteiger partial charge in [0.05, 0.1) is 5.70 Å². The standard InChI is InChI=1S/C7H9N3O3/c1-4-5(8-13)6(11)10(3)7(12)9(4)2/h13H,1H2,2-3H3/b8-5+. The van der Waals surface area contributed by atoms with Gasteiger partial charge in [0.1, 0.15) is 0 Å². The van der Waals surface area contributed by atoms with Crippen LogP contribution in [0.2, 0.25) is 0 Å². The van der Waals surface area contributed by atoms with Gasteiger partial charge in [0.2, 0.25) is 0 Å². The summed E-state index contributed by atoms with van der Waals surface area (Å²) in [4.78, 5) is 24.5. The molecule has 1 N–H and O–H groups in total. The van der Waals surface area contributed by atoms with Gasteiger partial charge < -0.3 is 5.21 Å². The van der Waals surface area contributed by atoms with Gasteiger partial charge in [0.25, 0.3) is 5.91 Å². The van der Waals surface area contributed by atoms with Crippen LogP contribution in [0.15, 0.2) is 17.4 Å². The second-order valence-corrected chi connectivity index (χ2v) is 2.60. The van der Waals surface area contributed by atoms with Gasteiger partial charge in [-0.15, -0.1) is 0 Å². The normalized spacial score (nSPS) is 21.7. The molecule has 1 rings (SSSR count). The smallest absolute Gasteiger partial charge is 0.331 e. The summed E-state index contributed by atoms with van der Waals surface area (Å²) < 4.78 is 0. The molecule has 0 aromatic carbocycles. The van der Waals surface area contributed by atoms with Crippen molar-refractivity contribution in [2.45, 2.75) is 0 Å². The number of urea groups is 1. The monoisotopic (exact) mass is 183 g/mol. The molecular weight excluding hydrogens is 174 g/mol. The van der Waals surface area contributed by atoms with Gasteiger partial charge in [0, 0.05) is 14.1 Å². The SMILES string of the molecule is C=C1/C(=N\O)C(=O)N(C)C(=O)N1C. The van der Waals surface area contributed by atoms with Gasteiger partial charge in [-0.05, 0) is 0 Å². The van der Waals surface area contributed by atoms with E-state index in [2.05, 4.69) is 11.7 Å². The lowest BCUT2D eigenvalue weighted by Gasteiger charge is -2.30. The van der Waals surface area contributed by atoms with E-state index < -0.39 is 11.9 Å². The minimum absolute atomic E-state index is 0.0931. The van der Waals surface area contributed by atoms with Crippen LogP contribution in [0, 0.1) is 0 Å². The fraction of sp³-hybridized carbons (Fsp3) is 0.286. The Morgan fingerprint density at radius 1 is 1.31 bits per heavy atom. The summed E-state index contributed by atoms with van der Waals surface area (Å²) in [6.07, 6.45) is 0. The molecule has 13 heavy (non-hydrogen) atoms. The van der Waals surface area contributed by atoms with Crippen LogP contribution in [-0.2, 0) is 4.79 Å². The molecular formula is C7H9N3O3. The van der Waals surface area contributed by atoms with Crippen molar-refractivity contribution < 1.29 is 14.8 Å². The van der Waals surface area contributed by atoms with Crippen molar-refractivity contribution in [3.05, 3.63) is 12.3 Å². The van der Waals surface area contributed by atoms with E-state index >= 15 is 0 Å². The Kier molecular flexibility index (Phi) is 2.05. The first-order valence-corrected chi connectivity index (χ1v) is 3.47. The van der Waals surface area contributed by atoms with E-state index in [1.165, 1.54) is 14.1 Å². The van der Waals surface area contributed by atoms with Crippen LogP contribution in [0.25, 0.3) is 0 Å². The van der Waals surface area contributed by atoms with Crippen LogP contribution in [-0.4, -0.2) is 46.8 Å². The van der Waals surface area contributed by atoms with Gasteiger partial charge in [0.15, 0.2) is 5.71 Å². The first kappa shape index (κ1) is 9.24. The van der Waals surface area contributed by atoms with Gasteiger partial charge in [-0.3, -0.25) is 14.6 Å². The summed E-state index contributed by atoms with van der Waals surface area (Å²) in [7, 11) is 2.75. The summed E-state index contributed by atoms with van der Waals surface area (Å²) in [5.74, 6) is -0.657. The highest BCUT2D eigenvalue weighted by Crippen LogP contribution is 2.13. The summed E-state index contributed by atoms with van der Waals surface area (Å²) in [6, 6.07) is -0.498. The maximum absolute atomic E-state index is 11.2. The summed E-state index contributed by atoms with van der Waals surface area (Å²) in [6.45, 7) is 3.45. The predicted molar refractivity (Wildman–Crippen MR) is 44.3 cm³/mol. The number of rotatable bonds is 0. The van der Waals surface area contributed by atoms with Crippen LogP contribution in [0.4, 0.5) is 4.79 Å². The molecule has 70 valence electrons. The Morgan fingerprint density at radius 2 is 1.85 bits per heavy atom. The maximum Gasteiger partial charge on any atom is 0.331 e. The molecule has 1 heterocycles. The lowest BCUT2D eigenvalue weighted by Crippen LogP contribution is -2.52. The number of nitrogens with zero attached hydrogens (tertiary/aromatic N) is 3. The molecule has 0 bridgehead atoms. The molecule has 3 amide bonds. The summed E-state index contributed by atoms with van der Waals surface area (Å²) >= 11 is 0. The number of hydrogen-bond acceptors (Lipinski definition) is 4. The minimum Gasteiger partial charge on any atom is -0.410 e. The van der Waals surface area contributed by atoms with Crippen molar-refractivity contribution in [1.82, 2.24) is 9.80 Å². The largest absolute Gasteiger partial charge is 0.410 e. The fourth-order valence-corrected chi connectivity index (χ4v) is 0.969. The molecule has 0 aromatic heterocycles. The zero-order valence-corrected chi connectivity index (χ0v) is 7.31. The second-order valence-electron chi connectivity index (χ2n) is 2.60. The summed E-state index contributed by atoms with van der Waals surface area (Å²) in [5.41, 5.74) is -0.125. The zero-order chi connectivity index (χ0) is 10.2. The Morgan fingerprint density at radius 3 is 2.31 bits per heavy atom. The van der Waals surface area contributed by atoms with Crippen LogP contribution < -0.4 is 0 Å². The number of carbonyl (C=O) groups is 2.